The maximum absolute atomic E-state index is 5.74. The summed E-state index contributed by atoms with van der Waals surface area (Å²) in [6.45, 7) is 2.16. The molecule has 2 rings (SSSR count). The quantitative estimate of drug-likeness (QED) is 0.591. The zero-order valence-electron chi connectivity index (χ0n) is 8.94. The van der Waals surface area contributed by atoms with Crippen molar-refractivity contribution in [1.82, 2.24) is 4.98 Å². The van der Waals surface area contributed by atoms with Gasteiger partial charge in [0.25, 0.3) is 0 Å². The smallest absolute Gasteiger partial charge is 0.108 e. The van der Waals surface area contributed by atoms with E-state index in [4.69, 9.17) is 11.6 Å². The predicted molar refractivity (Wildman–Crippen MR) is 73.5 cm³/mol. The minimum atomic E-state index is 0.494. The molecule has 1 heterocycles. The molecule has 4 heteroatoms. The summed E-state index contributed by atoms with van der Waals surface area (Å²) < 4.78 is 0. The molecule has 0 saturated carbocycles. The van der Waals surface area contributed by atoms with Crippen LogP contribution >= 0.6 is 34.7 Å². The highest BCUT2D eigenvalue weighted by Crippen LogP contribution is 2.25. The third-order valence-corrected chi connectivity index (χ3v) is 4.28. The van der Waals surface area contributed by atoms with Crippen molar-refractivity contribution < 1.29 is 0 Å². The predicted octanol–water partition coefficient (Wildman–Crippen LogP) is 4.66. The molecule has 84 valence electrons. The van der Waals surface area contributed by atoms with Crippen molar-refractivity contribution in [3.05, 3.63) is 34.7 Å². The van der Waals surface area contributed by atoms with E-state index in [9.17, 15) is 0 Å². The molecule has 0 spiro atoms. The molecule has 0 unspecified atom stereocenters. The van der Waals surface area contributed by atoms with Gasteiger partial charge in [-0.1, -0.05) is 19.1 Å². The lowest BCUT2D eigenvalue weighted by molar-refractivity contribution is 1.26. The van der Waals surface area contributed by atoms with E-state index < -0.39 is 0 Å². The first-order valence-electron chi connectivity index (χ1n) is 5.07. The van der Waals surface area contributed by atoms with Gasteiger partial charge >= 0.3 is 0 Å². The molecule has 0 N–H and O–H groups in total. The summed E-state index contributed by atoms with van der Waals surface area (Å²) >= 11 is 9.20. The number of hydrogen-bond acceptors (Lipinski definition) is 3. The number of alkyl halides is 1. The van der Waals surface area contributed by atoms with Gasteiger partial charge in [0.05, 0.1) is 11.6 Å². The summed E-state index contributed by atoms with van der Waals surface area (Å²) in [5.74, 6) is 1.60. The van der Waals surface area contributed by atoms with E-state index in [2.05, 4.69) is 41.6 Å². The summed E-state index contributed by atoms with van der Waals surface area (Å²) in [4.78, 5) is 5.76. The molecule has 0 aliphatic carbocycles. The molecule has 1 aromatic carbocycles. The molecular formula is C12H12ClNS2. The fourth-order valence-corrected chi connectivity index (χ4v) is 2.95. The summed E-state index contributed by atoms with van der Waals surface area (Å²) in [7, 11) is 0. The highest BCUT2D eigenvalue weighted by Gasteiger charge is 2.03. The minimum Gasteiger partial charge on any atom is -0.240 e. The molecule has 1 aromatic heterocycles. The average molecular weight is 270 g/mol. The van der Waals surface area contributed by atoms with Crippen LogP contribution in [0.2, 0.25) is 0 Å². The van der Waals surface area contributed by atoms with Gasteiger partial charge in [0, 0.05) is 15.8 Å². The number of halogens is 1. The summed E-state index contributed by atoms with van der Waals surface area (Å²) in [5, 5.41) is 3.03. The van der Waals surface area contributed by atoms with Crippen molar-refractivity contribution in [1.29, 1.82) is 0 Å². The summed E-state index contributed by atoms with van der Waals surface area (Å²) in [6, 6.07) is 8.52. The Bertz CT molecular complexity index is 450. The first kappa shape index (κ1) is 12.0. The van der Waals surface area contributed by atoms with Crippen LogP contribution in [0.4, 0.5) is 0 Å². The van der Waals surface area contributed by atoms with Crippen LogP contribution in [0.15, 0.2) is 34.5 Å². The second kappa shape index (κ2) is 5.71. The lowest BCUT2D eigenvalue weighted by Crippen LogP contribution is -1.80. The van der Waals surface area contributed by atoms with E-state index in [0.717, 1.165) is 22.0 Å². The van der Waals surface area contributed by atoms with Crippen LogP contribution in [0.1, 0.15) is 11.9 Å². The standard InChI is InChI=1S/C12H12ClNS2/c1-2-15-10-5-3-9(4-6-10)11-8-16-12(7-13)14-11/h3-6,8H,2,7H2,1H3. The van der Waals surface area contributed by atoms with E-state index in [0.29, 0.717) is 5.88 Å². The molecule has 0 aliphatic heterocycles. The summed E-state index contributed by atoms with van der Waals surface area (Å²) in [6.07, 6.45) is 0. The monoisotopic (exact) mass is 269 g/mol. The topological polar surface area (TPSA) is 12.9 Å². The van der Waals surface area contributed by atoms with Gasteiger partial charge in [-0.2, -0.15) is 0 Å². The molecular weight excluding hydrogens is 258 g/mol. The van der Waals surface area contributed by atoms with Crippen LogP contribution in [-0.4, -0.2) is 10.7 Å². The number of nitrogens with zero attached hydrogens (tertiary/aromatic N) is 1. The van der Waals surface area contributed by atoms with Crippen molar-refractivity contribution in [3.63, 3.8) is 0 Å². The third-order valence-electron chi connectivity index (χ3n) is 2.13. The molecule has 0 radical (unpaired) electrons. The lowest BCUT2D eigenvalue weighted by atomic mass is 10.2. The molecule has 1 nitrogen and oxygen atoms in total. The molecule has 16 heavy (non-hydrogen) atoms. The third kappa shape index (κ3) is 2.78. The molecule has 0 atom stereocenters. The van der Waals surface area contributed by atoms with Crippen molar-refractivity contribution in [2.24, 2.45) is 0 Å². The van der Waals surface area contributed by atoms with Gasteiger partial charge in [-0.15, -0.1) is 34.7 Å². The number of aromatic nitrogens is 1. The maximum Gasteiger partial charge on any atom is 0.108 e. The highest BCUT2D eigenvalue weighted by molar-refractivity contribution is 7.99. The van der Waals surface area contributed by atoms with Crippen molar-refractivity contribution >= 4 is 34.7 Å². The van der Waals surface area contributed by atoms with Crippen LogP contribution in [0.25, 0.3) is 11.3 Å². The van der Waals surface area contributed by atoms with Gasteiger partial charge in [0.15, 0.2) is 0 Å². The van der Waals surface area contributed by atoms with E-state index in [-0.39, 0.29) is 0 Å². The Kier molecular flexibility index (Phi) is 4.27. The zero-order valence-corrected chi connectivity index (χ0v) is 11.3. The van der Waals surface area contributed by atoms with Gasteiger partial charge in [-0.3, -0.25) is 0 Å². The van der Waals surface area contributed by atoms with Gasteiger partial charge in [0.2, 0.25) is 0 Å². The number of hydrogen-bond donors (Lipinski definition) is 0. The molecule has 0 amide bonds. The SMILES string of the molecule is CCSc1ccc(-c2csc(CCl)n2)cc1. The van der Waals surface area contributed by atoms with Crippen molar-refractivity contribution in [2.45, 2.75) is 17.7 Å². The Morgan fingerprint density at radius 2 is 2.06 bits per heavy atom. The number of thioether (sulfide) groups is 1. The van der Waals surface area contributed by atoms with E-state index in [1.54, 1.807) is 11.3 Å². The summed E-state index contributed by atoms with van der Waals surface area (Å²) in [5.41, 5.74) is 2.18. The van der Waals surface area contributed by atoms with E-state index >= 15 is 0 Å². The van der Waals surface area contributed by atoms with Gasteiger partial charge in [-0.25, -0.2) is 4.98 Å². The molecule has 0 aliphatic rings. The van der Waals surface area contributed by atoms with E-state index in [1.165, 1.54) is 4.90 Å². The fraction of sp³-hybridized carbons (Fsp3) is 0.250. The average Bonchev–Trinajstić information content (AvgIpc) is 2.79. The van der Waals surface area contributed by atoms with Crippen molar-refractivity contribution in [3.8, 4) is 11.3 Å². The Morgan fingerprint density at radius 3 is 2.62 bits per heavy atom. The van der Waals surface area contributed by atoms with Crippen LogP contribution in [0, 0.1) is 0 Å². The van der Waals surface area contributed by atoms with Crippen LogP contribution in [-0.2, 0) is 5.88 Å². The van der Waals surface area contributed by atoms with E-state index in [1.807, 2.05) is 11.8 Å². The zero-order chi connectivity index (χ0) is 11.4. The number of benzene rings is 1. The van der Waals surface area contributed by atoms with Crippen LogP contribution in [0.3, 0.4) is 0 Å². The van der Waals surface area contributed by atoms with Gasteiger partial charge in [-0.05, 0) is 17.9 Å². The van der Waals surface area contributed by atoms with Crippen LogP contribution in [0.5, 0.6) is 0 Å². The molecule has 0 bridgehead atoms. The lowest BCUT2D eigenvalue weighted by Gasteiger charge is -2.00. The largest absolute Gasteiger partial charge is 0.240 e. The molecule has 2 aromatic rings. The Morgan fingerprint density at radius 1 is 1.31 bits per heavy atom. The van der Waals surface area contributed by atoms with Gasteiger partial charge in [0.1, 0.15) is 5.01 Å². The second-order valence-electron chi connectivity index (χ2n) is 3.22. The first-order chi connectivity index (χ1) is 7.83. The first-order valence-corrected chi connectivity index (χ1v) is 7.47. The molecule has 0 fully saturated rings. The second-order valence-corrected chi connectivity index (χ2v) is 5.76. The minimum absolute atomic E-state index is 0.494. The normalized spacial score (nSPS) is 10.6. The van der Waals surface area contributed by atoms with Crippen molar-refractivity contribution in [2.75, 3.05) is 5.75 Å². The Hall–Kier alpha value is -0.510. The van der Waals surface area contributed by atoms with Gasteiger partial charge < -0.3 is 0 Å². The molecule has 0 saturated heterocycles. The Balaban J connectivity index is 2.20. The number of rotatable bonds is 4. The fourth-order valence-electron chi connectivity index (χ4n) is 1.39. The maximum atomic E-state index is 5.74. The number of thiazole rings is 1. The van der Waals surface area contributed by atoms with Crippen LogP contribution < -0.4 is 0 Å². The highest BCUT2D eigenvalue weighted by atomic mass is 35.5. The Labute approximate surface area is 109 Å².